The zero-order valence-corrected chi connectivity index (χ0v) is 23.1. The first-order valence-electron chi connectivity index (χ1n) is 12.3. The topological polar surface area (TPSA) is 186 Å². The molecule has 14 heteroatoms. The number of nitrogens with zero attached hydrogens (tertiary/aromatic N) is 1. The van der Waals surface area contributed by atoms with Crippen LogP contribution >= 0.6 is 0 Å². The van der Waals surface area contributed by atoms with Gasteiger partial charge in [0.2, 0.25) is 15.9 Å². The van der Waals surface area contributed by atoms with Crippen LogP contribution in [-0.2, 0) is 26.0 Å². The Bertz CT molecular complexity index is 1570. The molecule has 1 amide bonds. The third-order valence-corrected chi connectivity index (χ3v) is 7.13. The molecule has 0 aliphatic rings. The molecule has 0 aliphatic carbocycles. The Labute approximate surface area is 240 Å². The number of nitrogens with one attached hydrogen (secondary N) is 3. The lowest BCUT2D eigenvalue weighted by atomic mass is 10.00. The molecule has 3 aromatic rings. The third-order valence-electron chi connectivity index (χ3n) is 5.54. The predicted octanol–water partition coefficient (Wildman–Crippen LogP) is 4.02. The van der Waals surface area contributed by atoms with Gasteiger partial charge in [0.1, 0.15) is 11.9 Å². The van der Waals surface area contributed by atoms with Crippen molar-refractivity contribution in [3.63, 3.8) is 0 Å². The average molecular weight is 604 g/mol. The third kappa shape index (κ3) is 10.3. The number of hydrogen-bond donors (Lipinski definition) is 5. The van der Waals surface area contributed by atoms with Gasteiger partial charge in [0, 0.05) is 11.3 Å². The Balaban J connectivity index is 0.000000782. The Hall–Kier alpha value is -4.74. The highest BCUT2D eigenvalue weighted by atomic mass is 32.2. The molecule has 42 heavy (non-hydrogen) atoms. The smallest absolute Gasteiger partial charge is 0.475 e. The van der Waals surface area contributed by atoms with Crippen LogP contribution in [0.1, 0.15) is 30.0 Å². The number of nitrogen functional groups attached to an aromatic ring is 1. The molecule has 0 bridgehead atoms. The van der Waals surface area contributed by atoms with Crippen LogP contribution in [0.2, 0.25) is 0 Å². The standard InChI is InChI=1S/C26H27N5O3S.C2HF3O2/c1-2-14-35(33,34)31-24(16-18-6-5-8-20(15-18)25(28)29)26(32)30-22-12-10-19(11-13-22)23-9-4-3-7-21(23)17-27;3-2(4,5)1(6)7/h3-13,15,24,31H,2,14,16H2,1H3,(H3,28,29)(H,30,32);(H,6,7)/t24-;/m0./s1. The molecular formula is C28H28F3N5O5S. The summed E-state index contributed by atoms with van der Waals surface area (Å²) in [5.41, 5.74) is 9.36. The maximum Gasteiger partial charge on any atom is 0.490 e. The van der Waals surface area contributed by atoms with E-state index >= 15 is 0 Å². The van der Waals surface area contributed by atoms with Crippen molar-refractivity contribution in [1.82, 2.24) is 4.72 Å². The van der Waals surface area contributed by atoms with Gasteiger partial charge in [0.25, 0.3) is 0 Å². The molecule has 3 rings (SSSR count). The molecule has 0 saturated heterocycles. The molecule has 0 fully saturated rings. The van der Waals surface area contributed by atoms with Gasteiger partial charge in [-0.1, -0.05) is 55.5 Å². The SMILES string of the molecule is CCCS(=O)(=O)N[C@@H](Cc1cccc(C(=N)N)c1)C(=O)Nc1ccc(-c2ccccc2C#N)cc1.O=C(O)C(F)(F)F. The molecule has 10 nitrogen and oxygen atoms in total. The quantitative estimate of drug-likeness (QED) is 0.171. The lowest BCUT2D eigenvalue weighted by molar-refractivity contribution is -0.192. The fourth-order valence-corrected chi connectivity index (χ4v) is 4.91. The molecule has 0 spiro atoms. The van der Waals surface area contributed by atoms with Crippen molar-refractivity contribution < 1.29 is 36.3 Å². The Morgan fingerprint density at radius 3 is 2.24 bits per heavy atom. The van der Waals surface area contributed by atoms with E-state index in [9.17, 15) is 31.6 Å². The number of amidine groups is 1. The Kier molecular flexibility index (Phi) is 11.8. The van der Waals surface area contributed by atoms with E-state index < -0.39 is 34.1 Å². The highest BCUT2D eigenvalue weighted by molar-refractivity contribution is 7.89. The number of nitrogens with two attached hydrogens (primary N) is 1. The molecule has 1 atom stereocenters. The fraction of sp³-hybridized carbons (Fsp3) is 0.214. The van der Waals surface area contributed by atoms with E-state index in [4.69, 9.17) is 21.0 Å². The number of carboxylic acids is 1. The van der Waals surface area contributed by atoms with Crippen molar-refractivity contribution in [1.29, 1.82) is 10.7 Å². The molecular weight excluding hydrogens is 575 g/mol. The monoisotopic (exact) mass is 603 g/mol. The van der Waals surface area contributed by atoms with Crippen LogP contribution in [0.4, 0.5) is 18.9 Å². The van der Waals surface area contributed by atoms with E-state index in [0.717, 1.165) is 11.1 Å². The van der Waals surface area contributed by atoms with Crippen molar-refractivity contribution in [3.05, 3.63) is 89.5 Å². The number of carbonyl (C=O) groups excluding carboxylic acids is 1. The van der Waals surface area contributed by atoms with Crippen LogP contribution in [0.15, 0.2) is 72.8 Å². The number of nitriles is 1. The summed E-state index contributed by atoms with van der Waals surface area (Å²) in [5, 5.41) is 26.9. The summed E-state index contributed by atoms with van der Waals surface area (Å²) in [5.74, 6) is -3.48. The van der Waals surface area contributed by atoms with Crippen LogP contribution in [0, 0.1) is 16.7 Å². The first-order chi connectivity index (χ1) is 19.7. The van der Waals surface area contributed by atoms with Crippen LogP contribution in [0.25, 0.3) is 11.1 Å². The minimum absolute atomic E-state index is 0.0868. The number of hydrogen-bond acceptors (Lipinski definition) is 6. The zero-order valence-electron chi connectivity index (χ0n) is 22.3. The highest BCUT2D eigenvalue weighted by Gasteiger charge is 2.38. The maximum absolute atomic E-state index is 13.1. The summed E-state index contributed by atoms with van der Waals surface area (Å²) in [6, 6.07) is 22.1. The van der Waals surface area contributed by atoms with Crippen LogP contribution in [0.3, 0.4) is 0 Å². The fourth-order valence-electron chi connectivity index (χ4n) is 3.63. The van der Waals surface area contributed by atoms with Gasteiger partial charge in [-0.3, -0.25) is 10.2 Å². The minimum Gasteiger partial charge on any atom is -0.475 e. The summed E-state index contributed by atoms with van der Waals surface area (Å²) in [6.45, 7) is 1.75. The number of anilines is 1. The van der Waals surface area contributed by atoms with Crippen molar-refractivity contribution in [2.75, 3.05) is 11.1 Å². The summed E-state index contributed by atoms with van der Waals surface area (Å²) in [4.78, 5) is 22.0. The molecule has 0 aromatic heterocycles. The summed E-state index contributed by atoms with van der Waals surface area (Å²) in [6.07, 6.45) is -4.58. The van der Waals surface area contributed by atoms with Crippen molar-refractivity contribution in [2.24, 2.45) is 5.73 Å². The molecule has 0 radical (unpaired) electrons. The predicted molar refractivity (Wildman–Crippen MR) is 151 cm³/mol. The number of sulfonamides is 1. The lowest BCUT2D eigenvalue weighted by Crippen LogP contribution is -2.46. The zero-order chi connectivity index (χ0) is 31.5. The van der Waals surface area contributed by atoms with Gasteiger partial charge in [-0.15, -0.1) is 0 Å². The summed E-state index contributed by atoms with van der Waals surface area (Å²) in [7, 11) is -3.67. The average Bonchev–Trinajstić information content (AvgIpc) is 2.93. The number of carboxylic acid groups (broad SMARTS) is 1. The number of carbonyl (C=O) groups is 2. The van der Waals surface area contributed by atoms with E-state index in [1.807, 2.05) is 12.1 Å². The van der Waals surface area contributed by atoms with Gasteiger partial charge in [-0.05, 0) is 53.8 Å². The molecule has 0 heterocycles. The van der Waals surface area contributed by atoms with Crippen LogP contribution in [-0.4, -0.2) is 49.2 Å². The number of amides is 1. The largest absolute Gasteiger partial charge is 0.490 e. The Morgan fingerprint density at radius 1 is 1.07 bits per heavy atom. The number of alkyl halides is 3. The normalized spacial score (nSPS) is 11.8. The van der Waals surface area contributed by atoms with Gasteiger partial charge < -0.3 is 16.2 Å². The second-order valence-electron chi connectivity index (χ2n) is 8.83. The van der Waals surface area contributed by atoms with E-state index in [2.05, 4.69) is 16.1 Å². The molecule has 222 valence electrons. The molecule has 0 saturated carbocycles. The number of benzene rings is 3. The maximum atomic E-state index is 13.1. The summed E-state index contributed by atoms with van der Waals surface area (Å²) < 4.78 is 59.1. The molecule has 0 aliphatic heterocycles. The van der Waals surface area contributed by atoms with Crippen LogP contribution < -0.4 is 15.8 Å². The van der Waals surface area contributed by atoms with Gasteiger partial charge in [0.15, 0.2) is 0 Å². The van der Waals surface area contributed by atoms with E-state index in [-0.39, 0.29) is 18.0 Å². The molecule has 0 unspecified atom stereocenters. The van der Waals surface area contributed by atoms with Crippen molar-refractivity contribution >= 4 is 33.4 Å². The first kappa shape index (κ1) is 33.5. The van der Waals surface area contributed by atoms with Gasteiger partial charge >= 0.3 is 12.1 Å². The van der Waals surface area contributed by atoms with Crippen LogP contribution in [0.5, 0.6) is 0 Å². The van der Waals surface area contributed by atoms with Gasteiger partial charge in [-0.25, -0.2) is 17.9 Å². The second kappa shape index (κ2) is 14.8. The van der Waals surface area contributed by atoms with Crippen molar-refractivity contribution in [3.8, 4) is 17.2 Å². The Morgan fingerprint density at radius 2 is 1.69 bits per heavy atom. The minimum atomic E-state index is -5.08. The lowest BCUT2D eigenvalue weighted by Gasteiger charge is -2.19. The number of aliphatic carboxylic acids is 1. The van der Waals surface area contributed by atoms with Gasteiger partial charge in [0.05, 0.1) is 17.4 Å². The number of halogens is 3. The summed E-state index contributed by atoms with van der Waals surface area (Å²) >= 11 is 0. The van der Waals surface area contributed by atoms with Crippen molar-refractivity contribution in [2.45, 2.75) is 32.0 Å². The first-order valence-corrected chi connectivity index (χ1v) is 14.0. The molecule has 6 N–H and O–H groups in total. The highest BCUT2D eigenvalue weighted by Crippen LogP contribution is 2.25. The second-order valence-corrected chi connectivity index (χ2v) is 10.7. The van der Waals surface area contributed by atoms with E-state index in [0.29, 0.717) is 28.8 Å². The number of rotatable bonds is 10. The van der Waals surface area contributed by atoms with Gasteiger partial charge in [-0.2, -0.15) is 18.4 Å². The van der Waals surface area contributed by atoms with E-state index in [1.165, 1.54) is 0 Å². The van der Waals surface area contributed by atoms with E-state index in [1.54, 1.807) is 67.6 Å². The molecule has 3 aromatic carbocycles.